The monoisotopic (exact) mass is 670 g/mol. The van der Waals surface area contributed by atoms with Crippen LogP contribution in [0.2, 0.25) is 0 Å². The van der Waals surface area contributed by atoms with Crippen LogP contribution in [0.3, 0.4) is 0 Å². The van der Waals surface area contributed by atoms with Crippen LogP contribution < -0.4 is 10.6 Å². The first-order valence-electron chi connectivity index (χ1n) is 14.4. The molecule has 0 atom stereocenters. The van der Waals surface area contributed by atoms with Crippen molar-refractivity contribution in [2.24, 2.45) is 0 Å². The van der Waals surface area contributed by atoms with Crippen molar-refractivity contribution in [2.45, 2.75) is 23.6 Å². The quantitative estimate of drug-likeness (QED) is 0.203. The van der Waals surface area contributed by atoms with E-state index in [1.165, 1.54) is 16.6 Å². The summed E-state index contributed by atoms with van der Waals surface area (Å²) >= 11 is 0. The number of nitrogens with zero attached hydrogens (tertiary/aromatic N) is 3. The topological polar surface area (TPSA) is 177 Å². The molecule has 1 fully saturated rings. The highest BCUT2D eigenvalue weighted by molar-refractivity contribution is 7.94. The van der Waals surface area contributed by atoms with Crippen LogP contribution in [0.25, 0.3) is 27.9 Å². The molecule has 46 heavy (non-hydrogen) atoms. The number of fused-ring (bicyclic) bond motifs is 1. The van der Waals surface area contributed by atoms with Gasteiger partial charge in [0.05, 0.1) is 48.2 Å². The number of esters is 2. The molecule has 2 N–H and O–H groups in total. The summed E-state index contributed by atoms with van der Waals surface area (Å²) in [4.78, 5) is 28.4. The van der Waals surface area contributed by atoms with Gasteiger partial charge in [0.1, 0.15) is 21.8 Å². The molecule has 15 heteroatoms. The minimum absolute atomic E-state index is 0.0393. The van der Waals surface area contributed by atoms with Crippen molar-refractivity contribution in [3.05, 3.63) is 59.7 Å². The Labute approximate surface area is 266 Å². The van der Waals surface area contributed by atoms with Crippen molar-refractivity contribution in [2.75, 3.05) is 62.7 Å². The van der Waals surface area contributed by atoms with Crippen molar-refractivity contribution in [1.82, 2.24) is 9.61 Å². The molecule has 1 saturated heterocycles. The zero-order valence-electron chi connectivity index (χ0n) is 25.8. The number of carbonyl (C=O) groups is 2. The molecule has 0 unspecified atom stereocenters. The van der Waals surface area contributed by atoms with Gasteiger partial charge in [-0.15, -0.1) is 5.10 Å². The number of rotatable bonds is 9. The summed E-state index contributed by atoms with van der Waals surface area (Å²) in [6.07, 6.45) is 1.68. The van der Waals surface area contributed by atoms with E-state index in [4.69, 9.17) is 25.0 Å². The number of ether oxygens (including phenoxy) is 3. The molecule has 0 spiro atoms. The molecule has 5 rings (SSSR count). The number of hydrogen-bond donors (Lipinski definition) is 1. The Hall–Kier alpha value is -4.47. The van der Waals surface area contributed by atoms with Crippen LogP contribution in [0.1, 0.15) is 34.6 Å². The van der Waals surface area contributed by atoms with E-state index in [-0.39, 0.29) is 46.8 Å². The fourth-order valence-electron chi connectivity index (χ4n) is 5.59. The highest BCUT2D eigenvalue weighted by Crippen LogP contribution is 2.43. The Kier molecular flexibility index (Phi) is 9.11. The summed E-state index contributed by atoms with van der Waals surface area (Å²) < 4.78 is 70.7. The van der Waals surface area contributed by atoms with Gasteiger partial charge in [0.25, 0.3) is 0 Å². The van der Waals surface area contributed by atoms with Gasteiger partial charge in [0.15, 0.2) is 19.7 Å². The third-order valence-corrected chi connectivity index (χ3v) is 9.87. The smallest absolute Gasteiger partial charge is 0.341 e. The zero-order chi connectivity index (χ0) is 33.4. The van der Waals surface area contributed by atoms with E-state index < -0.39 is 41.4 Å². The molecule has 2 aromatic heterocycles. The molecule has 0 radical (unpaired) electrons. The lowest BCUT2D eigenvalue weighted by atomic mass is 10.0. The molecule has 0 amide bonds. The van der Waals surface area contributed by atoms with E-state index in [1.54, 1.807) is 32.0 Å². The lowest BCUT2D eigenvalue weighted by Crippen LogP contribution is -2.37. The number of anilines is 2. The fourth-order valence-corrected chi connectivity index (χ4v) is 8.46. The Morgan fingerprint density at radius 3 is 2.00 bits per heavy atom. The van der Waals surface area contributed by atoms with Crippen LogP contribution in [0.5, 0.6) is 0 Å². The number of hydrogen-bond acceptors (Lipinski definition) is 12. The highest BCUT2D eigenvalue weighted by Gasteiger charge is 2.37. The average Bonchev–Trinajstić information content (AvgIpc) is 3.36. The first-order chi connectivity index (χ1) is 21.8. The second kappa shape index (κ2) is 12.7. The minimum Gasteiger partial charge on any atom is -0.462 e. The molecule has 4 aromatic rings. The summed E-state index contributed by atoms with van der Waals surface area (Å²) in [6.45, 7) is 4.87. The second-order valence-electron chi connectivity index (χ2n) is 10.6. The lowest BCUT2D eigenvalue weighted by molar-refractivity contribution is 0.0482. The minimum atomic E-state index is -4.35. The molecular formula is C31H34N4O9S2. The van der Waals surface area contributed by atoms with Gasteiger partial charge in [-0.2, -0.15) is 0 Å². The van der Waals surface area contributed by atoms with Crippen molar-refractivity contribution >= 4 is 48.6 Å². The molecule has 13 nitrogen and oxygen atoms in total. The first kappa shape index (κ1) is 32.9. The first-order valence-corrected chi connectivity index (χ1v) is 18.2. The summed E-state index contributed by atoms with van der Waals surface area (Å²) in [5.74, 6) is -1.40. The van der Waals surface area contributed by atoms with Gasteiger partial charge in [-0.3, -0.25) is 0 Å². The number of nitrogen functional groups attached to an aromatic ring is 1. The maximum absolute atomic E-state index is 13.9. The van der Waals surface area contributed by atoms with Crippen molar-refractivity contribution in [1.29, 1.82) is 0 Å². The molecule has 0 bridgehead atoms. The van der Waals surface area contributed by atoms with E-state index in [0.717, 1.165) is 12.5 Å². The Bertz CT molecular complexity index is 2050. The second-order valence-corrected chi connectivity index (χ2v) is 14.5. The van der Waals surface area contributed by atoms with Crippen molar-refractivity contribution < 1.29 is 40.6 Å². The van der Waals surface area contributed by atoms with E-state index >= 15 is 0 Å². The average molecular weight is 671 g/mol. The maximum atomic E-state index is 13.9. The highest BCUT2D eigenvalue weighted by atomic mass is 32.2. The predicted octanol–water partition coefficient (Wildman–Crippen LogP) is 3.25. The number of sulfone groups is 2. The molecule has 1 aliphatic rings. The molecule has 2 aromatic carbocycles. The van der Waals surface area contributed by atoms with Crippen molar-refractivity contribution in [3.63, 3.8) is 0 Å². The third-order valence-electron chi connectivity index (χ3n) is 7.40. The Morgan fingerprint density at radius 2 is 1.43 bits per heavy atom. The number of benzene rings is 2. The van der Waals surface area contributed by atoms with Gasteiger partial charge in [-0.05, 0) is 37.6 Å². The van der Waals surface area contributed by atoms with Gasteiger partial charge in [-0.1, -0.05) is 30.3 Å². The summed E-state index contributed by atoms with van der Waals surface area (Å²) in [5, 5.41) is 4.86. The predicted molar refractivity (Wildman–Crippen MR) is 172 cm³/mol. The normalized spacial score (nSPS) is 14.0. The fraction of sp³-hybridized carbons (Fsp3) is 0.323. The standard InChI is InChI=1S/C31H34N4O9S2/c1-5-43-30(36)24-25(31(37)44-6-2)27-21(19-10-8-7-9-11-19)18-23(34-14-16-42-17-15-34)33-35(27)26(24)20-12-13-22(32)29(46(4,40)41)28(20)45(3,38)39/h7-13,18H,5-6,14-17,32H2,1-4H3. The third kappa shape index (κ3) is 6.04. The molecule has 1 aliphatic heterocycles. The number of carbonyl (C=O) groups excluding carboxylic acids is 2. The number of aromatic nitrogens is 2. The van der Waals surface area contributed by atoms with Gasteiger partial charge in [-0.25, -0.2) is 30.9 Å². The Morgan fingerprint density at radius 1 is 0.848 bits per heavy atom. The van der Waals surface area contributed by atoms with E-state index in [0.29, 0.717) is 43.2 Å². The maximum Gasteiger partial charge on any atom is 0.341 e. The van der Waals surface area contributed by atoms with Crippen LogP contribution in [-0.2, 0) is 33.9 Å². The lowest BCUT2D eigenvalue weighted by Gasteiger charge is -2.28. The molecule has 244 valence electrons. The SMILES string of the molecule is CCOC(=O)c1c(C(=O)OCC)c2c(-c3ccccc3)cc(N3CCOCC3)nn2c1-c1ccc(N)c(S(C)(=O)=O)c1S(C)(=O)=O. The van der Waals surface area contributed by atoms with Crippen LogP contribution in [0, 0.1) is 0 Å². The van der Waals surface area contributed by atoms with E-state index in [1.807, 2.05) is 23.1 Å². The number of morpholine rings is 1. The molecule has 0 saturated carbocycles. The van der Waals surface area contributed by atoms with Crippen LogP contribution in [-0.4, -0.2) is 90.4 Å². The summed E-state index contributed by atoms with van der Waals surface area (Å²) in [6, 6.07) is 13.4. The molecular weight excluding hydrogens is 636 g/mol. The van der Waals surface area contributed by atoms with E-state index in [2.05, 4.69) is 0 Å². The molecule has 3 heterocycles. The Balaban J connectivity index is 2.09. The van der Waals surface area contributed by atoms with Crippen molar-refractivity contribution in [3.8, 4) is 22.4 Å². The van der Waals surface area contributed by atoms with Gasteiger partial charge < -0.3 is 24.8 Å². The largest absolute Gasteiger partial charge is 0.462 e. The van der Waals surface area contributed by atoms with Crippen LogP contribution >= 0.6 is 0 Å². The van der Waals surface area contributed by atoms with Gasteiger partial charge in [0.2, 0.25) is 0 Å². The molecule has 0 aliphatic carbocycles. The summed E-state index contributed by atoms with van der Waals surface area (Å²) in [5.41, 5.74) is 6.11. The van der Waals surface area contributed by atoms with E-state index in [9.17, 15) is 26.4 Å². The van der Waals surface area contributed by atoms with Gasteiger partial charge in [0, 0.05) is 36.7 Å². The summed E-state index contributed by atoms with van der Waals surface area (Å²) in [7, 11) is -8.58. The number of nitrogens with two attached hydrogens (primary N) is 1. The zero-order valence-corrected chi connectivity index (χ0v) is 27.4. The van der Waals surface area contributed by atoms with Gasteiger partial charge >= 0.3 is 11.9 Å². The van der Waals surface area contributed by atoms with Crippen LogP contribution in [0.15, 0.2) is 58.3 Å². The van der Waals surface area contributed by atoms with Crippen LogP contribution in [0.4, 0.5) is 11.5 Å².